The van der Waals surface area contributed by atoms with Crippen LogP contribution < -0.4 is 0 Å². The maximum Gasteiger partial charge on any atom is 0.141 e. The van der Waals surface area contributed by atoms with Crippen LogP contribution in [0.4, 0.5) is 4.39 Å². The van der Waals surface area contributed by atoms with Gasteiger partial charge in [-0.2, -0.15) is 0 Å². The van der Waals surface area contributed by atoms with Crippen LogP contribution in [-0.4, -0.2) is 9.97 Å². The van der Waals surface area contributed by atoms with Crippen molar-refractivity contribution in [2.45, 2.75) is 104 Å². The van der Waals surface area contributed by atoms with Crippen molar-refractivity contribution < 1.29 is 4.39 Å². The van der Waals surface area contributed by atoms with Crippen molar-refractivity contribution in [2.75, 3.05) is 0 Å². The fourth-order valence-corrected chi connectivity index (χ4v) is 4.31. The van der Waals surface area contributed by atoms with E-state index in [1.165, 1.54) is 23.0 Å². The number of aromatic nitrogens is 2. The van der Waals surface area contributed by atoms with Crippen LogP contribution in [0.3, 0.4) is 0 Å². The van der Waals surface area contributed by atoms with E-state index in [0.29, 0.717) is 0 Å². The Balaban J connectivity index is 2.39. The van der Waals surface area contributed by atoms with Crippen LogP contribution in [0.5, 0.6) is 0 Å². The molecule has 2 rings (SSSR count). The van der Waals surface area contributed by atoms with Gasteiger partial charge in [-0.25, -0.2) is 4.39 Å². The minimum atomic E-state index is -0.255. The predicted octanol–water partition coefficient (Wildman–Crippen LogP) is 7.38. The number of hydrogen-bond acceptors (Lipinski definition) is 2. The summed E-state index contributed by atoms with van der Waals surface area (Å²) in [6.45, 7) is 22.2. The minimum absolute atomic E-state index is 0.00251. The molecule has 0 aromatic carbocycles. The van der Waals surface area contributed by atoms with Gasteiger partial charge in [-0.05, 0) is 59.9 Å². The summed E-state index contributed by atoms with van der Waals surface area (Å²) in [6.07, 6.45) is 5.26. The van der Waals surface area contributed by atoms with Crippen molar-refractivity contribution in [2.24, 2.45) is 0 Å². The highest BCUT2D eigenvalue weighted by atomic mass is 19.1. The van der Waals surface area contributed by atoms with Gasteiger partial charge in [0.1, 0.15) is 5.82 Å². The highest BCUT2D eigenvalue weighted by Crippen LogP contribution is 2.41. The largest absolute Gasteiger partial charge is 0.260 e. The van der Waals surface area contributed by atoms with Crippen molar-refractivity contribution in [3.63, 3.8) is 0 Å². The van der Waals surface area contributed by atoms with Crippen molar-refractivity contribution >= 4 is 0 Å². The topological polar surface area (TPSA) is 25.8 Å². The normalized spacial score (nSPS) is 13.2. The van der Waals surface area contributed by atoms with Gasteiger partial charge in [0.15, 0.2) is 0 Å². The van der Waals surface area contributed by atoms with Gasteiger partial charge in [-0.1, -0.05) is 62.3 Å². The van der Waals surface area contributed by atoms with Gasteiger partial charge < -0.3 is 0 Å². The summed E-state index contributed by atoms with van der Waals surface area (Å²) in [7, 11) is 0. The molecule has 2 aromatic rings. The summed E-state index contributed by atoms with van der Waals surface area (Å²) in [6, 6.07) is 3.78. The van der Waals surface area contributed by atoms with Crippen LogP contribution in [0.2, 0.25) is 0 Å². The van der Waals surface area contributed by atoms with Gasteiger partial charge >= 0.3 is 0 Å². The minimum Gasteiger partial charge on any atom is -0.260 e. The molecule has 29 heavy (non-hydrogen) atoms. The first-order valence-corrected chi connectivity index (χ1v) is 10.8. The molecule has 2 aromatic heterocycles. The van der Waals surface area contributed by atoms with E-state index in [0.717, 1.165) is 24.1 Å². The molecule has 2 heterocycles. The summed E-state index contributed by atoms with van der Waals surface area (Å²) in [5, 5.41) is 0. The van der Waals surface area contributed by atoms with E-state index >= 15 is 0 Å². The second-order valence-electron chi connectivity index (χ2n) is 11.1. The lowest BCUT2D eigenvalue weighted by atomic mass is 9.69. The molecule has 160 valence electrons. The van der Waals surface area contributed by atoms with Gasteiger partial charge in [-0.3, -0.25) is 9.97 Å². The third kappa shape index (κ3) is 5.24. The molecule has 0 atom stereocenters. The summed E-state index contributed by atoms with van der Waals surface area (Å²) < 4.78 is 13.8. The number of rotatable bonds is 6. The highest BCUT2D eigenvalue weighted by Gasteiger charge is 2.34. The van der Waals surface area contributed by atoms with Gasteiger partial charge in [0.25, 0.3) is 0 Å². The molecule has 0 aliphatic rings. The Labute approximate surface area is 177 Å². The molecule has 0 saturated carbocycles. The molecule has 3 heteroatoms. The third-order valence-electron chi connectivity index (χ3n) is 6.07. The molecule has 0 spiro atoms. The molecule has 0 bridgehead atoms. The maximum absolute atomic E-state index is 13.8. The van der Waals surface area contributed by atoms with Crippen LogP contribution in [0.25, 0.3) is 0 Å². The second-order valence-corrected chi connectivity index (χ2v) is 11.1. The molecule has 0 amide bonds. The molecule has 0 aliphatic heterocycles. The lowest BCUT2D eigenvalue weighted by Crippen LogP contribution is -2.30. The molecule has 0 unspecified atom stereocenters. The van der Waals surface area contributed by atoms with Gasteiger partial charge in [0.05, 0.1) is 6.20 Å². The second kappa shape index (κ2) is 8.16. The van der Waals surface area contributed by atoms with E-state index < -0.39 is 0 Å². The fourth-order valence-electron chi connectivity index (χ4n) is 4.31. The SMILES string of the molecule is Cc1ccnc(C(C)(C)C)c1C(C)(C)CCC(C)(C)c1ncc(F)cc1C(C)C. The van der Waals surface area contributed by atoms with Gasteiger partial charge in [0.2, 0.25) is 0 Å². The Kier molecular flexibility index (Phi) is 6.62. The van der Waals surface area contributed by atoms with E-state index in [4.69, 9.17) is 4.98 Å². The number of hydrogen-bond donors (Lipinski definition) is 0. The Hall–Kier alpha value is -1.77. The van der Waals surface area contributed by atoms with Crippen molar-refractivity contribution in [3.8, 4) is 0 Å². The molecular formula is C26H39FN2. The zero-order valence-electron chi connectivity index (χ0n) is 20.1. The van der Waals surface area contributed by atoms with Crippen LogP contribution in [-0.2, 0) is 16.2 Å². The highest BCUT2D eigenvalue weighted by molar-refractivity contribution is 5.39. The van der Waals surface area contributed by atoms with Crippen LogP contribution in [0.15, 0.2) is 24.5 Å². The Morgan fingerprint density at radius 3 is 2.03 bits per heavy atom. The van der Waals surface area contributed by atoms with Gasteiger partial charge in [0, 0.05) is 28.4 Å². The predicted molar refractivity (Wildman–Crippen MR) is 121 cm³/mol. The van der Waals surface area contributed by atoms with Crippen LogP contribution in [0.1, 0.15) is 109 Å². The molecule has 0 N–H and O–H groups in total. The van der Waals surface area contributed by atoms with Crippen LogP contribution in [0, 0.1) is 12.7 Å². The van der Waals surface area contributed by atoms with E-state index in [1.54, 1.807) is 6.07 Å². The molecule has 0 radical (unpaired) electrons. The first kappa shape index (κ1) is 23.5. The van der Waals surface area contributed by atoms with Crippen molar-refractivity contribution in [1.29, 1.82) is 0 Å². The van der Waals surface area contributed by atoms with Crippen molar-refractivity contribution in [1.82, 2.24) is 9.97 Å². The quantitative estimate of drug-likeness (QED) is 0.507. The first-order chi connectivity index (χ1) is 13.2. The zero-order valence-corrected chi connectivity index (χ0v) is 20.1. The van der Waals surface area contributed by atoms with Gasteiger partial charge in [-0.15, -0.1) is 0 Å². The number of nitrogens with zero attached hydrogens (tertiary/aromatic N) is 2. The maximum atomic E-state index is 13.8. The molecule has 0 aliphatic carbocycles. The van der Waals surface area contributed by atoms with E-state index in [-0.39, 0.29) is 28.0 Å². The smallest absolute Gasteiger partial charge is 0.141 e. The zero-order chi connectivity index (χ0) is 22.2. The summed E-state index contributed by atoms with van der Waals surface area (Å²) in [5.41, 5.74) is 5.72. The number of pyridine rings is 2. The molecule has 2 nitrogen and oxygen atoms in total. The summed E-state index contributed by atoms with van der Waals surface area (Å²) in [4.78, 5) is 9.30. The Bertz CT molecular complexity index is 857. The average molecular weight is 399 g/mol. The average Bonchev–Trinajstić information content (AvgIpc) is 2.58. The monoisotopic (exact) mass is 398 g/mol. The molecule has 0 saturated heterocycles. The Morgan fingerprint density at radius 1 is 0.897 bits per heavy atom. The van der Waals surface area contributed by atoms with E-state index in [9.17, 15) is 4.39 Å². The third-order valence-corrected chi connectivity index (χ3v) is 6.07. The summed E-state index contributed by atoms with van der Waals surface area (Å²) >= 11 is 0. The number of aryl methyl sites for hydroxylation is 1. The molecule has 0 fully saturated rings. The fraction of sp³-hybridized carbons (Fsp3) is 0.615. The number of halogens is 1. The lowest BCUT2D eigenvalue weighted by molar-refractivity contribution is 0.358. The summed E-state index contributed by atoms with van der Waals surface area (Å²) in [5.74, 6) is -0.0112. The lowest BCUT2D eigenvalue weighted by Gasteiger charge is -2.36. The van der Waals surface area contributed by atoms with E-state index in [2.05, 4.69) is 80.3 Å². The Morgan fingerprint density at radius 2 is 1.48 bits per heavy atom. The first-order valence-electron chi connectivity index (χ1n) is 10.8. The standard InChI is InChI=1S/C26H39FN2/c1-17(2)20-15-19(27)16-29-22(20)26(9,10)13-12-25(7,8)21-18(3)11-14-28-23(21)24(4,5)6/h11,14-17H,12-13H2,1-10H3. The van der Waals surface area contributed by atoms with Crippen molar-refractivity contribution in [3.05, 3.63) is 58.4 Å². The van der Waals surface area contributed by atoms with Crippen LogP contribution >= 0.6 is 0 Å². The molecular weight excluding hydrogens is 359 g/mol. The van der Waals surface area contributed by atoms with E-state index in [1.807, 2.05) is 6.20 Å².